The molecule has 0 fully saturated rings. The Morgan fingerprint density at radius 3 is 1.86 bits per heavy atom. The number of ether oxygens (including phenoxy) is 4. The van der Waals surface area contributed by atoms with Gasteiger partial charge in [-0.15, -0.1) is 0 Å². The molecule has 0 aliphatic heterocycles. The van der Waals surface area contributed by atoms with Crippen LogP contribution in [0.15, 0.2) is 71.2 Å². The van der Waals surface area contributed by atoms with Gasteiger partial charge in [-0.05, 0) is 69.5 Å². The summed E-state index contributed by atoms with van der Waals surface area (Å²) in [6.07, 6.45) is 0. The second kappa shape index (κ2) is 9.98. The Kier molecular flexibility index (Phi) is 7.14. The third kappa shape index (κ3) is 5.74. The summed E-state index contributed by atoms with van der Waals surface area (Å²) >= 11 is 3.46. The minimum atomic E-state index is -0.400. The van der Waals surface area contributed by atoms with E-state index in [4.69, 9.17) is 18.9 Å². The number of esters is 1. The zero-order chi connectivity index (χ0) is 20.6. The minimum absolute atomic E-state index is 0.191. The van der Waals surface area contributed by atoms with Crippen LogP contribution in [0.5, 0.6) is 17.2 Å². The van der Waals surface area contributed by atoms with E-state index in [9.17, 15) is 4.79 Å². The van der Waals surface area contributed by atoms with Crippen LogP contribution in [0.1, 0.15) is 21.5 Å². The Morgan fingerprint density at radius 2 is 1.34 bits per heavy atom. The van der Waals surface area contributed by atoms with Gasteiger partial charge in [0.15, 0.2) is 0 Å². The number of rotatable bonds is 8. The molecule has 5 nitrogen and oxygen atoms in total. The van der Waals surface area contributed by atoms with Crippen molar-refractivity contribution in [1.82, 2.24) is 0 Å². The zero-order valence-corrected chi connectivity index (χ0v) is 17.8. The van der Waals surface area contributed by atoms with Crippen LogP contribution in [0.4, 0.5) is 0 Å². The predicted octanol–water partition coefficient (Wildman–Crippen LogP) is 5.40. The van der Waals surface area contributed by atoms with E-state index in [-0.39, 0.29) is 6.61 Å². The molecule has 3 aromatic rings. The van der Waals surface area contributed by atoms with Crippen LogP contribution in [-0.4, -0.2) is 20.2 Å². The standard InChI is InChI=1S/C23H21BrO5/c1-26-19-8-3-16(4-9-19)14-28-22-12-7-18(13-21(22)24)23(25)29-15-17-5-10-20(27-2)11-6-17/h3-13H,14-15H2,1-2H3. The van der Waals surface area contributed by atoms with Gasteiger partial charge in [0.05, 0.1) is 24.3 Å². The number of carbonyl (C=O) groups is 1. The van der Waals surface area contributed by atoms with Crippen LogP contribution in [-0.2, 0) is 18.0 Å². The molecule has 0 N–H and O–H groups in total. The molecule has 0 aliphatic carbocycles. The van der Waals surface area contributed by atoms with Crippen molar-refractivity contribution >= 4 is 21.9 Å². The summed E-state index contributed by atoms with van der Waals surface area (Å²) in [5.41, 5.74) is 2.35. The number of halogens is 1. The number of carbonyl (C=O) groups excluding carboxylic acids is 1. The zero-order valence-electron chi connectivity index (χ0n) is 16.2. The van der Waals surface area contributed by atoms with E-state index in [1.165, 1.54) is 0 Å². The van der Waals surface area contributed by atoms with Crippen LogP contribution in [0.25, 0.3) is 0 Å². The van der Waals surface area contributed by atoms with E-state index in [2.05, 4.69) is 15.9 Å². The smallest absolute Gasteiger partial charge is 0.338 e. The lowest BCUT2D eigenvalue weighted by Crippen LogP contribution is -2.06. The molecular formula is C23H21BrO5. The molecular weight excluding hydrogens is 436 g/mol. The van der Waals surface area contributed by atoms with Crippen molar-refractivity contribution in [3.05, 3.63) is 87.9 Å². The quantitative estimate of drug-likeness (QED) is 0.424. The highest BCUT2D eigenvalue weighted by molar-refractivity contribution is 9.10. The molecule has 3 aromatic carbocycles. The van der Waals surface area contributed by atoms with Crippen LogP contribution < -0.4 is 14.2 Å². The maximum Gasteiger partial charge on any atom is 0.338 e. The topological polar surface area (TPSA) is 54.0 Å². The highest BCUT2D eigenvalue weighted by Crippen LogP contribution is 2.27. The fourth-order valence-corrected chi connectivity index (χ4v) is 3.07. The van der Waals surface area contributed by atoms with Crippen molar-refractivity contribution < 1.29 is 23.7 Å². The molecule has 0 aromatic heterocycles. The second-order valence-electron chi connectivity index (χ2n) is 6.21. The van der Waals surface area contributed by atoms with Gasteiger partial charge in [0, 0.05) is 0 Å². The number of benzene rings is 3. The van der Waals surface area contributed by atoms with Crippen molar-refractivity contribution in [2.75, 3.05) is 14.2 Å². The maximum atomic E-state index is 12.3. The monoisotopic (exact) mass is 456 g/mol. The molecule has 3 rings (SSSR count). The molecule has 0 spiro atoms. The first-order chi connectivity index (χ1) is 14.1. The first-order valence-electron chi connectivity index (χ1n) is 8.94. The SMILES string of the molecule is COc1ccc(COC(=O)c2ccc(OCc3ccc(OC)cc3)c(Br)c2)cc1. The molecule has 0 amide bonds. The Morgan fingerprint density at radius 1 is 0.793 bits per heavy atom. The van der Waals surface area contributed by atoms with Crippen molar-refractivity contribution in [3.8, 4) is 17.2 Å². The highest BCUT2D eigenvalue weighted by atomic mass is 79.9. The van der Waals surface area contributed by atoms with Crippen LogP contribution in [0, 0.1) is 0 Å². The summed E-state index contributed by atoms with van der Waals surface area (Å²) in [5.74, 6) is 1.80. The van der Waals surface area contributed by atoms with E-state index in [1.807, 2.05) is 48.5 Å². The van der Waals surface area contributed by atoms with Gasteiger partial charge in [0.1, 0.15) is 30.5 Å². The van der Waals surface area contributed by atoms with Crippen LogP contribution in [0.2, 0.25) is 0 Å². The Hall–Kier alpha value is -2.99. The van der Waals surface area contributed by atoms with E-state index >= 15 is 0 Å². The maximum absolute atomic E-state index is 12.3. The summed E-state index contributed by atoms with van der Waals surface area (Å²) in [7, 11) is 3.24. The molecule has 0 atom stereocenters. The van der Waals surface area contributed by atoms with Crippen molar-refractivity contribution in [1.29, 1.82) is 0 Å². The van der Waals surface area contributed by atoms with Crippen LogP contribution >= 0.6 is 15.9 Å². The van der Waals surface area contributed by atoms with Gasteiger partial charge in [0.25, 0.3) is 0 Å². The molecule has 29 heavy (non-hydrogen) atoms. The largest absolute Gasteiger partial charge is 0.497 e. The fraction of sp³-hybridized carbons (Fsp3) is 0.174. The first-order valence-corrected chi connectivity index (χ1v) is 9.73. The molecule has 0 aliphatic rings. The van der Waals surface area contributed by atoms with E-state index in [1.54, 1.807) is 32.4 Å². The number of methoxy groups -OCH3 is 2. The van der Waals surface area contributed by atoms with Gasteiger partial charge < -0.3 is 18.9 Å². The fourth-order valence-electron chi connectivity index (χ4n) is 2.58. The van der Waals surface area contributed by atoms with Crippen LogP contribution in [0.3, 0.4) is 0 Å². The molecule has 6 heteroatoms. The molecule has 0 heterocycles. The Balaban J connectivity index is 1.56. The summed E-state index contributed by atoms with van der Waals surface area (Å²) in [6, 6.07) is 20.2. The van der Waals surface area contributed by atoms with Gasteiger partial charge in [0.2, 0.25) is 0 Å². The Labute approximate surface area is 178 Å². The van der Waals surface area contributed by atoms with Gasteiger partial charge in [-0.3, -0.25) is 0 Å². The lowest BCUT2D eigenvalue weighted by Gasteiger charge is -2.11. The van der Waals surface area contributed by atoms with Gasteiger partial charge in [-0.2, -0.15) is 0 Å². The highest BCUT2D eigenvalue weighted by Gasteiger charge is 2.11. The van der Waals surface area contributed by atoms with Crippen molar-refractivity contribution in [2.24, 2.45) is 0 Å². The second-order valence-corrected chi connectivity index (χ2v) is 7.06. The average molecular weight is 457 g/mol. The summed E-state index contributed by atoms with van der Waals surface area (Å²) < 4.78 is 22.2. The minimum Gasteiger partial charge on any atom is -0.497 e. The molecule has 0 radical (unpaired) electrons. The third-order valence-corrected chi connectivity index (χ3v) is 4.87. The van der Waals surface area contributed by atoms with Gasteiger partial charge in [-0.25, -0.2) is 4.79 Å². The van der Waals surface area contributed by atoms with Crippen molar-refractivity contribution in [2.45, 2.75) is 13.2 Å². The van der Waals surface area contributed by atoms with Crippen molar-refractivity contribution in [3.63, 3.8) is 0 Å². The third-order valence-electron chi connectivity index (χ3n) is 4.25. The van der Waals surface area contributed by atoms with E-state index in [0.717, 1.165) is 22.6 Å². The van der Waals surface area contributed by atoms with E-state index < -0.39 is 5.97 Å². The number of hydrogen-bond acceptors (Lipinski definition) is 5. The average Bonchev–Trinajstić information content (AvgIpc) is 2.77. The van der Waals surface area contributed by atoms with Gasteiger partial charge >= 0.3 is 5.97 Å². The summed E-state index contributed by atoms with van der Waals surface area (Å²) in [6.45, 7) is 0.597. The molecule has 0 unspecified atom stereocenters. The first kappa shape index (κ1) is 20.7. The lowest BCUT2D eigenvalue weighted by molar-refractivity contribution is 0.0472. The predicted molar refractivity (Wildman–Crippen MR) is 114 cm³/mol. The lowest BCUT2D eigenvalue weighted by atomic mass is 10.2. The summed E-state index contributed by atoms with van der Waals surface area (Å²) in [5, 5.41) is 0. The molecule has 0 saturated carbocycles. The van der Waals surface area contributed by atoms with Gasteiger partial charge in [-0.1, -0.05) is 24.3 Å². The molecule has 150 valence electrons. The van der Waals surface area contributed by atoms with E-state index in [0.29, 0.717) is 22.4 Å². The molecule has 0 bridgehead atoms. The Bertz CT molecular complexity index is 952. The normalized spacial score (nSPS) is 10.3. The number of hydrogen-bond donors (Lipinski definition) is 0. The molecule has 0 saturated heterocycles. The summed E-state index contributed by atoms with van der Waals surface area (Å²) in [4.78, 5) is 12.3.